The molecular weight excluding hydrogens is 324 g/mol. The SMILES string of the molecule is CC(CN=C(N)N)Oc1ccc(F)cc1.I. The summed E-state index contributed by atoms with van der Waals surface area (Å²) in [4.78, 5) is 3.81. The van der Waals surface area contributed by atoms with Crippen molar-refractivity contribution < 1.29 is 9.13 Å². The zero-order chi connectivity index (χ0) is 11.3. The van der Waals surface area contributed by atoms with Crippen molar-refractivity contribution in [1.29, 1.82) is 0 Å². The van der Waals surface area contributed by atoms with Crippen LogP contribution in [-0.2, 0) is 0 Å². The number of hydrogen-bond donors (Lipinski definition) is 2. The highest BCUT2D eigenvalue weighted by Gasteiger charge is 2.02. The van der Waals surface area contributed by atoms with Crippen molar-refractivity contribution in [3.8, 4) is 5.75 Å². The van der Waals surface area contributed by atoms with Crippen molar-refractivity contribution >= 4 is 29.9 Å². The highest BCUT2D eigenvalue weighted by Crippen LogP contribution is 2.12. The maximum Gasteiger partial charge on any atom is 0.186 e. The van der Waals surface area contributed by atoms with Crippen LogP contribution in [0.15, 0.2) is 29.3 Å². The van der Waals surface area contributed by atoms with E-state index in [0.29, 0.717) is 12.3 Å². The maximum absolute atomic E-state index is 12.6. The first-order valence-electron chi connectivity index (χ1n) is 4.55. The topological polar surface area (TPSA) is 73.6 Å². The molecule has 16 heavy (non-hydrogen) atoms. The summed E-state index contributed by atoms with van der Waals surface area (Å²) in [6.07, 6.45) is -0.155. The van der Waals surface area contributed by atoms with Gasteiger partial charge in [0.25, 0.3) is 0 Å². The Morgan fingerprint density at radius 3 is 2.44 bits per heavy atom. The molecule has 0 spiro atoms. The van der Waals surface area contributed by atoms with Crippen LogP contribution in [0.5, 0.6) is 5.75 Å². The number of nitrogens with two attached hydrogens (primary N) is 2. The van der Waals surface area contributed by atoms with Gasteiger partial charge in [0.1, 0.15) is 17.7 Å². The minimum absolute atomic E-state index is 0. The number of benzene rings is 1. The van der Waals surface area contributed by atoms with E-state index in [-0.39, 0.29) is 41.9 Å². The highest BCUT2D eigenvalue weighted by atomic mass is 127. The van der Waals surface area contributed by atoms with Crippen LogP contribution in [0.2, 0.25) is 0 Å². The third-order valence-corrected chi connectivity index (χ3v) is 1.68. The van der Waals surface area contributed by atoms with Crippen LogP contribution in [-0.4, -0.2) is 18.6 Å². The van der Waals surface area contributed by atoms with Gasteiger partial charge >= 0.3 is 0 Å². The lowest BCUT2D eigenvalue weighted by atomic mass is 10.3. The fraction of sp³-hybridized carbons (Fsp3) is 0.300. The summed E-state index contributed by atoms with van der Waals surface area (Å²) in [5.41, 5.74) is 10.4. The van der Waals surface area contributed by atoms with Gasteiger partial charge in [-0.05, 0) is 31.2 Å². The van der Waals surface area contributed by atoms with Crippen molar-refractivity contribution in [2.75, 3.05) is 6.54 Å². The van der Waals surface area contributed by atoms with Gasteiger partial charge in [0.2, 0.25) is 0 Å². The molecule has 0 aliphatic rings. The zero-order valence-corrected chi connectivity index (χ0v) is 11.2. The van der Waals surface area contributed by atoms with Crippen LogP contribution in [0.25, 0.3) is 0 Å². The number of aliphatic imine (C=N–C) groups is 1. The van der Waals surface area contributed by atoms with Gasteiger partial charge in [-0.2, -0.15) is 0 Å². The van der Waals surface area contributed by atoms with Crippen molar-refractivity contribution in [2.24, 2.45) is 16.5 Å². The van der Waals surface area contributed by atoms with E-state index in [1.165, 1.54) is 12.1 Å². The summed E-state index contributed by atoms with van der Waals surface area (Å²) in [7, 11) is 0. The molecule has 0 aromatic heterocycles. The molecule has 0 amide bonds. The van der Waals surface area contributed by atoms with E-state index < -0.39 is 0 Å². The lowest BCUT2D eigenvalue weighted by Crippen LogP contribution is -2.26. The number of nitrogens with zero attached hydrogens (tertiary/aromatic N) is 1. The molecule has 0 saturated carbocycles. The normalized spacial score (nSPS) is 11.1. The number of rotatable bonds is 4. The van der Waals surface area contributed by atoms with Crippen molar-refractivity contribution in [1.82, 2.24) is 0 Å². The lowest BCUT2D eigenvalue weighted by Gasteiger charge is -2.12. The maximum atomic E-state index is 12.6. The van der Waals surface area contributed by atoms with Gasteiger partial charge in [-0.25, -0.2) is 9.38 Å². The molecular formula is C10H15FIN3O. The quantitative estimate of drug-likeness (QED) is 0.496. The van der Waals surface area contributed by atoms with Gasteiger partial charge in [-0.3, -0.25) is 0 Å². The fourth-order valence-corrected chi connectivity index (χ4v) is 1.02. The summed E-state index contributed by atoms with van der Waals surface area (Å²) < 4.78 is 18.0. The van der Waals surface area contributed by atoms with Gasteiger partial charge in [0, 0.05) is 0 Å². The van der Waals surface area contributed by atoms with Gasteiger partial charge in [-0.1, -0.05) is 0 Å². The van der Waals surface area contributed by atoms with E-state index in [9.17, 15) is 4.39 Å². The monoisotopic (exact) mass is 339 g/mol. The first-order chi connectivity index (χ1) is 7.08. The Balaban J connectivity index is 0.00000225. The largest absolute Gasteiger partial charge is 0.489 e. The Morgan fingerprint density at radius 1 is 1.38 bits per heavy atom. The first kappa shape index (κ1) is 14.9. The Morgan fingerprint density at radius 2 is 1.94 bits per heavy atom. The molecule has 0 aliphatic heterocycles. The summed E-state index contributed by atoms with van der Waals surface area (Å²) in [6, 6.07) is 5.79. The zero-order valence-electron chi connectivity index (χ0n) is 8.89. The Kier molecular flexibility index (Phi) is 6.78. The van der Waals surface area contributed by atoms with E-state index in [1.54, 1.807) is 12.1 Å². The lowest BCUT2D eigenvalue weighted by molar-refractivity contribution is 0.230. The molecule has 1 aromatic rings. The van der Waals surface area contributed by atoms with Crippen molar-refractivity contribution in [2.45, 2.75) is 13.0 Å². The smallest absolute Gasteiger partial charge is 0.186 e. The minimum Gasteiger partial charge on any atom is -0.489 e. The van der Waals surface area contributed by atoms with Gasteiger partial charge in [-0.15, -0.1) is 24.0 Å². The van der Waals surface area contributed by atoms with E-state index in [0.717, 1.165) is 0 Å². The molecule has 0 radical (unpaired) electrons. The number of ether oxygens (including phenoxy) is 1. The van der Waals surface area contributed by atoms with Gasteiger partial charge < -0.3 is 16.2 Å². The molecule has 1 atom stereocenters. The third-order valence-electron chi connectivity index (χ3n) is 1.68. The molecule has 4 N–H and O–H groups in total. The molecule has 1 rings (SSSR count). The second kappa shape index (κ2) is 7.26. The second-order valence-electron chi connectivity index (χ2n) is 3.15. The van der Waals surface area contributed by atoms with Crippen LogP contribution < -0.4 is 16.2 Å². The Hall–Kier alpha value is -1.05. The van der Waals surface area contributed by atoms with Crippen LogP contribution in [0.4, 0.5) is 4.39 Å². The Labute approximate surface area is 111 Å². The van der Waals surface area contributed by atoms with E-state index >= 15 is 0 Å². The van der Waals surface area contributed by atoms with Gasteiger partial charge in [0.15, 0.2) is 5.96 Å². The fourth-order valence-electron chi connectivity index (χ4n) is 1.02. The number of halogens is 2. The van der Waals surface area contributed by atoms with Crippen LogP contribution >= 0.6 is 24.0 Å². The summed E-state index contributed by atoms with van der Waals surface area (Å²) in [5.74, 6) is 0.332. The highest BCUT2D eigenvalue weighted by molar-refractivity contribution is 14.0. The molecule has 0 fully saturated rings. The molecule has 1 unspecified atom stereocenters. The summed E-state index contributed by atoms with van der Waals surface area (Å²) in [5, 5.41) is 0. The molecule has 0 heterocycles. The van der Waals surface area contributed by atoms with Crippen molar-refractivity contribution in [3.63, 3.8) is 0 Å². The number of hydrogen-bond acceptors (Lipinski definition) is 2. The molecule has 4 nitrogen and oxygen atoms in total. The number of guanidine groups is 1. The predicted molar refractivity (Wildman–Crippen MR) is 72.6 cm³/mol. The molecule has 90 valence electrons. The second-order valence-corrected chi connectivity index (χ2v) is 3.15. The average Bonchev–Trinajstić information content (AvgIpc) is 2.19. The third kappa shape index (κ3) is 5.74. The summed E-state index contributed by atoms with van der Waals surface area (Å²) in [6.45, 7) is 2.20. The molecule has 6 heteroatoms. The van der Waals surface area contributed by atoms with Crippen molar-refractivity contribution in [3.05, 3.63) is 30.1 Å². The molecule has 0 aliphatic carbocycles. The Bertz CT molecular complexity index is 338. The van der Waals surface area contributed by atoms with Crippen LogP contribution in [0.3, 0.4) is 0 Å². The van der Waals surface area contributed by atoms with Crippen LogP contribution in [0.1, 0.15) is 6.92 Å². The van der Waals surface area contributed by atoms with Gasteiger partial charge in [0.05, 0.1) is 6.54 Å². The molecule has 1 aromatic carbocycles. The minimum atomic E-state index is -0.292. The molecule has 0 saturated heterocycles. The van der Waals surface area contributed by atoms with E-state index in [4.69, 9.17) is 16.2 Å². The summed E-state index contributed by atoms with van der Waals surface area (Å²) >= 11 is 0. The predicted octanol–water partition coefficient (Wildman–Crippen LogP) is 1.48. The molecule has 0 bridgehead atoms. The standard InChI is InChI=1S/C10H14FN3O.HI/c1-7(6-14-10(12)13)15-9-4-2-8(11)3-5-9;/h2-5,7H,6H2,1H3,(H4,12,13,14);1H. The average molecular weight is 339 g/mol. The van der Waals surface area contributed by atoms with E-state index in [1.807, 2.05) is 6.92 Å². The van der Waals surface area contributed by atoms with Crippen LogP contribution in [0, 0.1) is 5.82 Å². The van der Waals surface area contributed by atoms with E-state index in [2.05, 4.69) is 4.99 Å². The first-order valence-corrected chi connectivity index (χ1v) is 4.55.